The van der Waals surface area contributed by atoms with Crippen LogP contribution in [0, 0.1) is 0 Å². The molecule has 0 saturated heterocycles. The molecule has 0 spiro atoms. The Balaban J connectivity index is 1.48. The third-order valence-corrected chi connectivity index (χ3v) is 6.97. The highest BCUT2D eigenvalue weighted by Crippen LogP contribution is 2.29. The summed E-state index contributed by atoms with van der Waals surface area (Å²) in [6, 6.07) is 10.7. The van der Waals surface area contributed by atoms with Crippen molar-refractivity contribution in [3.63, 3.8) is 0 Å². The zero-order valence-electron chi connectivity index (χ0n) is 19.7. The van der Waals surface area contributed by atoms with Gasteiger partial charge in [0.15, 0.2) is 0 Å². The molecule has 5 aromatic rings. The van der Waals surface area contributed by atoms with Crippen molar-refractivity contribution in [2.75, 3.05) is 11.8 Å². The zero-order valence-corrected chi connectivity index (χ0v) is 20.5. The van der Waals surface area contributed by atoms with E-state index in [0.29, 0.717) is 22.3 Å². The fourth-order valence-electron chi connectivity index (χ4n) is 3.77. The summed E-state index contributed by atoms with van der Waals surface area (Å²) in [5.74, 6) is -1.24. The van der Waals surface area contributed by atoms with Crippen LogP contribution in [0.1, 0.15) is 10.4 Å². The highest BCUT2D eigenvalue weighted by molar-refractivity contribution is 7.92. The lowest BCUT2D eigenvalue weighted by Crippen LogP contribution is -2.15. The maximum Gasteiger partial charge on any atom is 0.335 e. The number of rotatable bonds is 7. The van der Waals surface area contributed by atoms with Crippen LogP contribution in [-0.4, -0.2) is 51.3 Å². The van der Waals surface area contributed by atoms with E-state index >= 15 is 0 Å². The molecule has 0 aliphatic rings. The molecule has 3 heterocycles. The first kappa shape index (κ1) is 23.9. The summed E-state index contributed by atoms with van der Waals surface area (Å²) in [5.41, 5.74) is 4.27. The number of aromatic nitrogens is 5. The van der Waals surface area contributed by atoms with E-state index in [1.807, 2.05) is 31.4 Å². The number of nitrogens with one attached hydrogen (secondary N) is 1. The topological polar surface area (TPSA) is 149 Å². The molecule has 186 valence electrons. The largest absolute Gasteiger partial charge is 0.495 e. The quantitative estimate of drug-likeness (QED) is 0.331. The molecule has 5 rings (SSSR count). The van der Waals surface area contributed by atoms with Crippen LogP contribution >= 0.6 is 0 Å². The number of methoxy groups -OCH3 is 1. The minimum absolute atomic E-state index is 0.0131. The van der Waals surface area contributed by atoms with Crippen molar-refractivity contribution < 1.29 is 23.1 Å². The number of nitrogens with zero attached hydrogens (tertiary/aromatic N) is 5. The predicted molar refractivity (Wildman–Crippen MR) is 136 cm³/mol. The molecular formula is C25H20N6O5S. The second-order valence-corrected chi connectivity index (χ2v) is 9.75. The SMILES string of the molecule is COc1ccc(C(=O)O)cc1S(=O)(=O)Nc1cncc(-c2ccc3ncc(-c4cnn(C)c4)nc3c2)c1. The molecule has 12 heteroatoms. The van der Waals surface area contributed by atoms with Gasteiger partial charge < -0.3 is 9.84 Å². The average molecular weight is 517 g/mol. The van der Waals surface area contributed by atoms with Crippen molar-refractivity contribution in [2.45, 2.75) is 4.90 Å². The van der Waals surface area contributed by atoms with Crippen molar-refractivity contribution in [2.24, 2.45) is 7.05 Å². The summed E-state index contributed by atoms with van der Waals surface area (Å²) >= 11 is 0. The number of anilines is 1. The second-order valence-electron chi connectivity index (χ2n) is 8.10. The van der Waals surface area contributed by atoms with Gasteiger partial charge in [-0.1, -0.05) is 6.07 Å². The van der Waals surface area contributed by atoms with Crippen molar-refractivity contribution >= 4 is 32.7 Å². The van der Waals surface area contributed by atoms with Gasteiger partial charge in [0.2, 0.25) is 0 Å². The molecule has 2 aromatic carbocycles. The van der Waals surface area contributed by atoms with Crippen LogP contribution in [0.5, 0.6) is 5.75 Å². The second kappa shape index (κ2) is 9.32. The van der Waals surface area contributed by atoms with Gasteiger partial charge in [0.1, 0.15) is 10.6 Å². The van der Waals surface area contributed by atoms with Crippen LogP contribution < -0.4 is 9.46 Å². The van der Waals surface area contributed by atoms with E-state index in [9.17, 15) is 18.3 Å². The van der Waals surface area contributed by atoms with Gasteiger partial charge in [-0.3, -0.25) is 19.4 Å². The van der Waals surface area contributed by atoms with Gasteiger partial charge in [-0.05, 0) is 42.0 Å². The Hall–Kier alpha value is -4.84. The number of hydrogen-bond acceptors (Lipinski definition) is 8. The maximum absolute atomic E-state index is 13.1. The number of ether oxygens (including phenoxy) is 1. The van der Waals surface area contributed by atoms with Crippen molar-refractivity contribution in [3.8, 4) is 28.1 Å². The molecular weight excluding hydrogens is 496 g/mol. The van der Waals surface area contributed by atoms with Crippen LogP contribution in [0.3, 0.4) is 0 Å². The lowest BCUT2D eigenvalue weighted by Gasteiger charge is -2.13. The predicted octanol–water partition coefficient (Wildman–Crippen LogP) is 3.60. The van der Waals surface area contributed by atoms with E-state index in [1.54, 1.807) is 29.3 Å². The van der Waals surface area contributed by atoms with Gasteiger partial charge in [-0.25, -0.2) is 18.2 Å². The molecule has 0 fully saturated rings. The number of hydrogen-bond donors (Lipinski definition) is 2. The first-order valence-corrected chi connectivity index (χ1v) is 12.4. The van der Waals surface area contributed by atoms with Crippen molar-refractivity contribution in [3.05, 3.63) is 79.0 Å². The number of benzene rings is 2. The Labute approximate surface area is 211 Å². The minimum Gasteiger partial charge on any atom is -0.495 e. The summed E-state index contributed by atoms with van der Waals surface area (Å²) in [6.45, 7) is 0. The molecule has 0 radical (unpaired) electrons. The lowest BCUT2D eigenvalue weighted by atomic mass is 10.1. The Morgan fingerprint density at radius 1 is 0.973 bits per heavy atom. The van der Waals surface area contributed by atoms with Gasteiger partial charge in [-0.2, -0.15) is 5.10 Å². The van der Waals surface area contributed by atoms with Crippen molar-refractivity contribution in [1.29, 1.82) is 0 Å². The minimum atomic E-state index is -4.19. The summed E-state index contributed by atoms with van der Waals surface area (Å²) < 4.78 is 35.5. The Bertz CT molecular complexity index is 1770. The van der Waals surface area contributed by atoms with Crippen LogP contribution in [0.4, 0.5) is 5.69 Å². The number of aromatic carboxylic acids is 1. The standard InChI is InChI=1S/C25H20N6O5S/c1-31-14-18(11-28-31)22-13-27-20-5-3-15(8-21(20)29-22)17-7-19(12-26-10-17)30-37(34,35)24-9-16(25(32)33)4-6-23(24)36-2/h3-14,30H,1-2H3,(H,32,33). The maximum atomic E-state index is 13.1. The molecule has 0 atom stereocenters. The lowest BCUT2D eigenvalue weighted by molar-refractivity contribution is 0.0696. The third kappa shape index (κ3) is 4.82. The molecule has 0 aliphatic heterocycles. The molecule has 2 N–H and O–H groups in total. The summed E-state index contributed by atoms with van der Waals surface area (Å²) in [7, 11) is -1.06. The van der Waals surface area contributed by atoms with Crippen LogP contribution in [0.25, 0.3) is 33.4 Å². The third-order valence-electron chi connectivity index (χ3n) is 5.57. The molecule has 0 saturated carbocycles. The van der Waals surface area contributed by atoms with E-state index < -0.39 is 16.0 Å². The zero-order chi connectivity index (χ0) is 26.2. The number of carboxylic acid groups (broad SMARTS) is 1. The van der Waals surface area contributed by atoms with E-state index in [4.69, 9.17) is 9.72 Å². The van der Waals surface area contributed by atoms with Crippen molar-refractivity contribution in [1.82, 2.24) is 24.7 Å². The Morgan fingerprint density at radius 3 is 2.54 bits per heavy atom. The van der Waals surface area contributed by atoms with Crippen LogP contribution in [0.15, 0.2) is 78.3 Å². The van der Waals surface area contributed by atoms with Gasteiger partial charge in [0.25, 0.3) is 10.0 Å². The fraction of sp³-hybridized carbons (Fsp3) is 0.0800. The number of sulfonamides is 1. The molecule has 3 aromatic heterocycles. The normalized spacial score (nSPS) is 11.4. The van der Waals surface area contributed by atoms with E-state index in [2.05, 4.69) is 19.8 Å². The fourth-order valence-corrected chi connectivity index (χ4v) is 5.00. The Kier molecular flexibility index (Phi) is 6.01. The van der Waals surface area contributed by atoms with Gasteiger partial charge in [0, 0.05) is 30.6 Å². The summed E-state index contributed by atoms with van der Waals surface area (Å²) in [4.78, 5) is 24.4. The number of carbonyl (C=O) groups is 1. The average Bonchev–Trinajstić information content (AvgIpc) is 3.33. The molecule has 0 unspecified atom stereocenters. The van der Waals surface area contributed by atoms with Gasteiger partial charge in [0.05, 0.1) is 53.7 Å². The first-order valence-electron chi connectivity index (χ1n) is 10.9. The smallest absolute Gasteiger partial charge is 0.335 e. The van der Waals surface area contributed by atoms with E-state index in [1.165, 1.54) is 25.4 Å². The Morgan fingerprint density at radius 2 is 1.81 bits per heavy atom. The van der Waals surface area contributed by atoms with Crippen LogP contribution in [0.2, 0.25) is 0 Å². The number of fused-ring (bicyclic) bond motifs is 1. The van der Waals surface area contributed by atoms with E-state index in [-0.39, 0.29) is 21.9 Å². The van der Waals surface area contributed by atoms with Gasteiger partial charge >= 0.3 is 5.97 Å². The summed E-state index contributed by atoms with van der Waals surface area (Å²) in [6.07, 6.45) is 8.20. The summed E-state index contributed by atoms with van der Waals surface area (Å²) in [5, 5.41) is 13.4. The van der Waals surface area contributed by atoms with E-state index in [0.717, 1.165) is 17.2 Å². The monoisotopic (exact) mass is 516 g/mol. The molecule has 0 aliphatic carbocycles. The van der Waals surface area contributed by atoms with Gasteiger partial charge in [-0.15, -0.1) is 0 Å². The highest BCUT2D eigenvalue weighted by Gasteiger charge is 2.22. The molecule has 0 bridgehead atoms. The number of carboxylic acids is 1. The first-order chi connectivity index (χ1) is 17.7. The molecule has 0 amide bonds. The van der Waals surface area contributed by atoms with Crippen LogP contribution in [-0.2, 0) is 17.1 Å². The molecule has 11 nitrogen and oxygen atoms in total. The highest BCUT2D eigenvalue weighted by atomic mass is 32.2. The molecule has 37 heavy (non-hydrogen) atoms. The number of pyridine rings is 1. The number of aryl methyl sites for hydroxylation is 1.